The fourth-order valence-electron chi connectivity index (χ4n) is 29.6. The highest BCUT2D eigenvalue weighted by Gasteiger charge is 2.67. The minimum Gasteiger partial charge on any atom is -0.486 e. The second kappa shape index (κ2) is 34.2. The van der Waals surface area contributed by atoms with E-state index in [4.69, 9.17) is 47.9 Å². The first-order valence-electron chi connectivity index (χ1n) is 43.4. The number of halogens is 5. The zero-order valence-corrected chi connectivity index (χ0v) is 68.6. The Morgan fingerprint density at radius 3 is 1.30 bits per heavy atom. The average molecular weight is 1570 g/mol. The van der Waals surface area contributed by atoms with Gasteiger partial charge in [0.15, 0.2) is 35.9 Å². The molecule has 21 heteroatoms. The maximum absolute atomic E-state index is 14.3. The summed E-state index contributed by atoms with van der Waals surface area (Å²) in [5.41, 5.74) is 3.63. The fourth-order valence-corrected chi connectivity index (χ4v) is 29.6. The summed E-state index contributed by atoms with van der Waals surface area (Å²) in [5.74, 6) is 9.64. The van der Waals surface area contributed by atoms with Crippen molar-refractivity contribution < 1.29 is 76.8 Å². The van der Waals surface area contributed by atoms with Crippen LogP contribution in [0.15, 0.2) is 5.16 Å². The number of ketones is 5. The molecule has 16 nitrogen and oxygen atoms in total. The lowest BCUT2D eigenvalue weighted by atomic mass is 9.45. The van der Waals surface area contributed by atoms with Crippen LogP contribution in [0.1, 0.15) is 299 Å². The quantitative estimate of drug-likeness (QED) is 0.0576. The van der Waals surface area contributed by atoms with Gasteiger partial charge in [-0.15, -0.1) is 23.2 Å². The molecule has 18 rings (SSSR count). The minimum absolute atomic E-state index is 0.0124. The van der Waals surface area contributed by atoms with Gasteiger partial charge in [-0.2, -0.15) is 0 Å². The molecule has 109 heavy (non-hydrogen) atoms. The van der Waals surface area contributed by atoms with Crippen LogP contribution in [0.25, 0.3) is 0 Å². The van der Waals surface area contributed by atoms with Gasteiger partial charge in [0, 0.05) is 59.9 Å². The van der Waals surface area contributed by atoms with Crippen molar-refractivity contribution in [2.75, 3.05) is 18.4 Å². The number of oxime groups is 1. The number of nitrogens with one attached hydrogen (secondary N) is 2. The van der Waals surface area contributed by atoms with Crippen LogP contribution in [0.2, 0.25) is 0 Å². The Morgan fingerprint density at radius 1 is 0.505 bits per heavy atom. The third-order valence-corrected chi connectivity index (χ3v) is 36.1. The van der Waals surface area contributed by atoms with E-state index in [9.17, 15) is 47.4 Å². The molecule has 5 N–H and O–H groups in total. The summed E-state index contributed by atoms with van der Waals surface area (Å²) >= 11 is 9.53. The van der Waals surface area contributed by atoms with Gasteiger partial charge in [-0.1, -0.05) is 73.4 Å². The van der Waals surface area contributed by atoms with Crippen molar-refractivity contribution in [2.24, 2.45) is 143 Å². The highest BCUT2D eigenvalue weighted by molar-refractivity contribution is 6.40. The van der Waals surface area contributed by atoms with Crippen molar-refractivity contribution >= 4 is 70.5 Å². The van der Waals surface area contributed by atoms with E-state index >= 15 is 0 Å². The smallest absolute Gasteiger partial charge is 0.258 e. The number of Topliss-reactive ketones (excluding diaryl/α,β-unsaturated/α-hetero) is 5. The monoisotopic (exact) mass is 1570 g/mol. The van der Waals surface area contributed by atoms with Crippen molar-refractivity contribution in [1.82, 2.24) is 10.8 Å². The molecule has 17 saturated carbocycles. The molecule has 1 saturated heterocycles. The van der Waals surface area contributed by atoms with Gasteiger partial charge in [-0.3, -0.25) is 28.8 Å². The maximum Gasteiger partial charge on any atom is 0.258 e. The van der Waals surface area contributed by atoms with Gasteiger partial charge >= 0.3 is 0 Å². The summed E-state index contributed by atoms with van der Waals surface area (Å²) in [6.07, 6.45) is 33.5. The van der Waals surface area contributed by atoms with Gasteiger partial charge in [-0.05, 0) is 328 Å². The molecule has 18 fully saturated rings. The van der Waals surface area contributed by atoms with E-state index in [2.05, 4.69) is 62.2 Å². The van der Waals surface area contributed by atoms with Crippen molar-refractivity contribution in [1.29, 1.82) is 0 Å². The van der Waals surface area contributed by atoms with Crippen LogP contribution < -0.4 is 15.9 Å². The second-order valence-corrected chi connectivity index (χ2v) is 41.3. The largest absolute Gasteiger partial charge is 0.486 e. The molecule has 0 amide bonds. The molecule has 0 aromatic heterocycles. The molecule has 0 aromatic carbocycles. The molecule has 13 unspecified atom stereocenters. The van der Waals surface area contributed by atoms with Crippen molar-refractivity contribution in [3.8, 4) is 0 Å². The number of hydrogen-bond donors (Lipinski definition) is 5. The number of fused-ring (bicyclic) bond motifs is 20. The van der Waals surface area contributed by atoms with E-state index in [0.717, 1.165) is 204 Å². The van der Waals surface area contributed by atoms with Gasteiger partial charge in [0.1, 0.15) is 17.7 Å². The molecular weight excluding hydrogens is 1430 g/mol. The van der Waals surface area contributed by atoms with Crippen molar-refractivity contribution in [3.63, 3.8) is 0 Å². The van der Waals surface area contributed by atoms with Gasteiger partial charge < -0.3 is 40.2 Å². The number of ether oxygens (including phenoxy) is 1. The number of hydroxylamine groups is 1. The lowest BCUT2D eigenvalue weighted by Crippen LogP contribution is -2.54. The number of aliphatic hydroxyl groups excluding tert-OH is 2. The summed E-state index contributed by atoms with van der Waals surface area (Å²) in [6.45, 7) is 19.9. The number of alkyl halides is 5. The molecule has 1 heterocycles. The summed E-state index contributed by atoms with van der Waals surface area (Å²) in [6, 6.07) is 0.403. The van der Waals surface area contributed by atoms with Gasteiger partial charge in [0.05, 0.1) is 23.3 Å². The first kappa shape index (κ1) is 85.3. The zero-order chi connectivity index (χ0) is 78.6. The second-order valence-electron chi connectivity index (χ2n) is 40.5. The molecule has 0 bridgehead atoms. The Balaban J connectivity index is 0.000000127. The molecule has 18 aliphatic rings. The van der Waals surface area contributed by atoms with Crippen LogP contribution in [-0.4, -0.2) is 124 Å². The SMILES string of the molecule is C[C@]12CCC3C(CC[C@H]4CC(=NOC5CCNC5)CC[C@]34C)C1C[C@@H](F)C2=O.C[C@]12CCC3C(CC[C@H]4CC(=O)CC[C@]34C)C1C[C@@H](F)C2=O.C[C@]12CCC3C(CC[C@H]4C[C@H](O)CC[C@]34C)C1CCC2=O.C[C@]12CCC3C(CC[C@H]4C[C@H](O)CC[C@]34C)C1C[C@@H](F)C2=O.ClCCl.O=COC(=O)[O-].ONC1CCCC1. The summed E-state index contributed by atoms with van der Waals surface area (Å²) < 4.78 is 45.7. The number of carbonyl (C=O) groups excluding carboxylic acids is 7. The normalized spacial score (nSPS) is 49.1. The van der Waals surface area contributed by atoms with Crippen molar-refractivity contribution in [2.45, 2.75) is 342 Å². The zero-order valence-electron chi connectivity index (χ0n) is 67.1. The van der Waals surface area contributed by atoms with Crippen LogP contribution >= 0.6 is 23.2 Å². The first-order valence-corrected chi connectivity index (χ1v) is 44.5. The van der Waals surface area contributed by atoms with E-state index in [-0.39, 0.29) is 76.1 Å². The molecule has 0 radical (unpaired) electrons. The third kappa shape index (κ3) is 16.2. The van der Waals surface area contributed by atoms with E-state index in [1.54, 1.807) is 0 Å². The Morgan fingerprint density at radius 2 is 0.908 bits per heavy atom. The van der Waals surface area contributed by atoms with Gasteiger partial charge in [-0.25, -0.2) is 18.7 Å². The van der Waals surface area contributed by atoms with Crippen LogP contribution in [0.3, 0.4) is 0 Å². The summed E-state index contributed by atoms with van der Waals surface area (Å²) in [7, 11) is 0. The first-order chi connectivity index (χ1) is 51.7. The van der Waals surface area contributed by atoms with E-state index < -0.39 is 40.9 Å². The Hall–Kier alpha value is -3.07. The number of carbonyl (C=O) groups is 7. The predicted molar refractivity (Wildman–Crippen MR) is 411 cm³/mol. The van der Waals surface area contributed by atoms with Gasteiger partial charge in [0.2, 0.25) is 6.47 Å². The molecule has 30 atom stereocenters. The van der Waals surface area contributed by atoms with Crippen LogP contribution in [0.4, 0.5) is 18.0 Å². The van der Waals surface area contributed by atoms with Crippen LogP contribution in [0.5, 0.6) is 0 Å². The molecule has 1 aliphatic heterocycles. The van der Waals surface area contributed by atoms with E-state index in [1.165, 1.54) is 57.1 Å². The molecule has 616 valence electrons. The average Bonchev–Trinajstić information content (AvgIpc) is 1.65. The Bertz CT molecular complexity index is 3290. The molecule has 0 aromatic rings. The van der Waals surface area contributed by atoms with Crippen molar-refractivity contribution in [3.05, 3.63) is 0 Å². The number of aliphatic hydroxyl groups is 2. The van der Waals surface area contributed by atoms with Crippen LogP contribution in [-0.2, 0) is 38.3 Å². The minimum atomic E-state index is -1.83. The molecule has 0 spiro atoms. The Kier molecular flexibility index (Phi) is 26.8. The van der Waals surface area contributed by atoms with E-state index in [1.807, 2.05) is 13.8 Å². The Labute approximate surface area is 658 Å². The third-order valence-electron chi connectivity index (χ3n) is 36.1. The lowest BCUT2D eigenvalue weighted by molar-refractivity contribution is -0.276. The summed E-state index contributed by atoms with van der Waals surface area (Å²) in [5, 5.41) is 45.5. The maximum atomic E-state index is 14.3. The molecule has 17 aliphatic carbocycles. The predicted octanol–water partition coefficient (Wildman–Crippen LogP) is 17.1. The van der Waals surface area contributed by atoms with Gasteiger partial charge in [0.25, 0.3) is 6.16 Å². The highest BCUT2D eigenvalue weighted by Crippen LogP contribution is 2.71. The highest BCUT2D eigenvalue weighted by atomic mass is 35.5. The number of nitrogens with zero attached hydrogens (tertiary/aromatic N) is 1. The standard InChI is InChI=1S/C23H35FN2O2.C19H29FO2.C19H27FO2.C19H30O2.C5H11NO.C2H2O4.CH2Cl2/c1-22-8-5-15(26-28-16-7-10-25-13-16)11-14(22)3-4-17-18(22)6-9-23(2)19(17)12-20(24)21(23)27;2*1-18-7-5-12(21)9-11(18)3-4-13-14(18)6-8-19(2)15(13)10-16(20)17(19)22;1-18-9-7-13(20)11-12(18)3-4-14-15-5-6-17(21)19(15,2)10-8-16(14)18;7-6-5-3-1-2-4-5;3-1-6-2(4)5;2-1-3/h14,16-20,25H,3-13H2,1-2H3;11-16,21H,3-10H2,1-2H3;11,13-16H,3-10H2,1-2H3;12-16,20H,3-11H2,1-2H3;5-7H,1-4H2;1H,(H,4,5);1H2/p-1/t14-,16?,17?,18?,19?,20+,22-,23-;11-,12+,13?,14?,15?,16+,18-,19-;11-,13?,14?,15?,16+,18-,19-;12-,13+,14?,15?,16?,18-,19-;;;/m0000.../s1. The number of carboxylic acid groups (broad SMARTS) is 1. The molecular formula is C88H135Cl2F3N3O13-. The summed E-state index contributed by atoms with van der Waals surface area (Å²) in [4.78, 5) is 85.2. The lowest BCUT2D eigenvalue weighted by Gasteiger charge is -2.60. The topological polar surface area (TPSA) is 258 Å². The fraction of sp³-hybridized carbons (Fsp3) is 0.909. The number of hydrogen-bond acceptors (Lipinski definition) is 16. The van der Waals surface area contributed by atoms with Crippen LogP contribution in [0, 0.1) is 138 Å². The van der Waals surface area contributed by atoms with E-state index in [0.29, 0.717) is 112 Å². The number of rotatable bonds is 4.